The van der Waals surface area contributed by atoms with Gasteiger partial charge in [0.2, 0.25) is 0 Å². The van der Waals surface area contributed by atoms with Crippen LogP contribution in [0.15, 0.2) is 22.7 Å². The Balaban J connectivity index is 2.35. The molecule has 1 heterocycles. The molecule has 1 aromatic rings. The van der Waals surface area contributed by atoms with Crippen molar-refractivity contribution in [3.8, 4) is 0 Å². The highest BCUT2D eigenvalue weighted by Gasteiger charge is 2.21. The first-order chi connectivity index (χ1) is 6.66. The molecular weight excluding hydrogens is 248 g/mol. The van der Waals surface area contributed by atoms with Gasteiger partial charge in [0, 0.05) is 22.6 Å². The summed E-state index contributed by atoms with van der Waals surface area (Å²) in [5.41, 5.74) is 1.13. The molecule has 0 radical (unpaired) electrons. The van der Waals surface area contributed by atoms with Crippen molar-refractivity contribution in [2.24, 2.45) is 0 Å². The van der Waals surface area contributed by atoms with E-state index in [9.17, 15) is 10.1 Å². The Morgan fingerprint density at radius 3 is 2.71 bits per heavy atom. The van der Waals surface area contributed by atoms with Gasteiger partial charge in [-0.3, -0.25) is 10.1 Å². The van der Waals surface area contributed by atoms with Crippen molar-refractivity contribution >= 4 is 21.6 Å². The lowest BCUT2D eigenvalue weighted by Gasteiger charge is -2.27. The van der Waals surface area contributed by atoms with E-state index in [0.29, 0.717) is 0 Å². The second-order valence-electron chi connectivity index (χ2n) is 3.30. The standard InChI is InChI=1S/C9H9BrN2O2/c10-7-3-6(9-1-2-11-9)4-8(5-7)12(13)14/h3-5,9,11H,1-2H2. The second kappa shape index (κ2) is 3.67. The number of hydrogen-bond acceptors (Lipinski definition) is 3. The van der Waals surface area contributed by atoms with Crippen LogP contribution in [-0.2, 0) is 0 Å². The molecule has 1 aromatic carbocycles. The van der Waals surface area contributed by atoms with Crippen LogP contribution in [0.4, 0.5) is 5.69 Å². The second-order valence-corrected chi connectivity index (χ2v) is 4.21. The third-order valence-electron chi connectivity index (χ3n) is 2.34. The predicted octanol–water partition coefficient (Wildman–Crippen LogP) is 2.39. The van der Waals surface area contributed by atoms with Crippen molar-refractivity contribution in [2.75, 3.05) is 6.54 Å². The van der Waals surface area contributed by atoms with Crippen LogP contribution >= 0.6 is 15.9 Å². The minimum Gasteiger partial charge on any atom is -0.310 e. The fourth-order valence-electron chi connectivity index (χ4n) is 1.48. The number of nitrogens with zero attached hydrogens (tertiary/aromatic N) is 1. The maximum absolute atomic E-state index is 10.6. The van der Waals surface area contributed by atoms with E-state index in [2.05, 4.69) is 21.2 Å². The fraction of sp³-hybridized carbons (Fsp3) is 0.333. The summed E-state index contributed by atoms with van der Waals surface area (Å²) in [5, 5.41) is 13.8. The van der Waals surface area contributed by atoms with Crippen LogP contribution < -0.4 is 5.32 Å². The molecule has 74 valence electrons. The number of rotatable bonds is 2. The molecule has 0 bridgehead atoms. The lowest BCUT2D eigenvalue weighted by Crippen LogP contribution is -2.34. The highest BCUT2D eigenvalue weighted by molar-refractivity contribution is 9.10. The Labute approximate surface area is 89.6 Å². The third kappa shape index (κ3) is 1.78. The van der Waals surface area contributed by atoms with E-state index in [-0.39, 0.29) is 16.7 Å². The van der Waals surface area contributed by atoms with E-state index in [1.807, 2.05) is 6.07 Å². The Morgan fingerprint density at radius 1 is 1.50 bits per heavy atom. The molecule has 0 aromatic heterocycles. The van der Waals surface area contributed by atoms with E-state index in [4.69, 9.17) is 0 Å². The van der Waals surface area contributed by atoms with Crippen molar-refractivity contribution < 1.29 is 4.92 Å². The van der Waals surface area contributed by atoms with E-state index >= 15 is 0 Å². The Hall–Kier alpha value is -0.940. The van der Waals surface area contributed by atoms with Crippen LogP contribution in [0.5, 0.6) is 0 Å². The maximum atomic E-state index is 10.6. The van der Waals surface area contributed by atoms with Gasteiger partial charge in [-0.1, -0.05) is 15.9 Å². The molecule has 1 aliphatic heterocycles. The highest BCUT2D eigenvalue weighted by Crippen LogP contribution is 2.29. The number of non-ortho nitro benzene ring substituents is 1. The van der Waals surface area contributed by atoms with Gasteiger partial charge in [-0.05, 0) is 24.6 Å². The highest BCUT2D eigenvalue weighted by atomic mass is 79.9. The molecule has 5 heteroatoms. The Bertz CT molecular complexity index is 377. The summed E-state index contributed by atoms with van der Waals surface area (Å²) < 4.78 is 0.760. The Kier molecular flexibility index (Phi) is 2.52. The zero-order valence-corrected chi connectivity index (χ0v) is 8.95. The van der Waals surface area contributed by atoms with E-state index in [0.717, 1.165) is 23.0 Å². The van der Waals surface area contributed by atoms with Gasteiger partial charge in [0.25, 0.3) is 5.69 Å². The van der Waals surface area contributed by atoms with Gasteiger partial charge in [-0.2, -0.15) is 0 Å². The number of nitro groups is 1. The molecule has 1 N–H and O–H groups in total. The minimum absolute atomic E-state index is 0.142. The van der Waals surface area contributed by atoms with Crippen LogP contribution in [0.1, 0.15) is 18.0 Å². The van der Waals surface area contributed by atoms with E-state index < -0.39 is 0 Å². The molecule has 2 rings (SSSR count). The first-order valence-corrected chi connectivity index (χ1v) is 5.14. The largest absolute Gasteiger partial charge is 0.310 e. The van der Waals surface area contributed by atoms with E-state index in [1.165, 1.54) is 6.07 Å². The number of benzene rings is 1. The van der Waals surface area contributed by atoms with Crippen molar-refractivity contribution in [1.29, 1.82) is 0 Å². The van der Waals surface area contributed by atoms with Crippen molar-refractivity contribution in [3.05, 3.63) is 38.3 Å². The number of nitrogens with one attached hydrogen (secondary N) is 1. The first kappa shape index (κ1) is 9.61. The zero-order chi connectivity index (χ0) is 10.1. The average Bonchev–Trinajstić information content (AvgIpc) is 1.99. The van der Waals surface area contributed by atoms with Crippen LogP contribution in [-0.4, -0.2) is 11.5 Å². The molecule has 0 aliphatic carbocycles. The van der Waals surface area contributed by atoms with Crippen molar-refractivity contribution in [3.63, 3.8) is 0 Å². The predicted molar refractivity (Wildman–Crippen MR) is 56.2 cm³/mol. The van der Waals surface area contributed by atoms with Gasteiger partial charge >= 0.3 is 0 Å². The molecule has 0 amide bonds. The lowest BCUT2D eigenvalue weighted by atomic mass is 9.98. The molecule has 1 aliphatic rings. The number of hydrogen-bond donors (Lipinski definition) is 1. The summed E-state index contributed by atoms with van der Waals surface area (Å²) in [6, 6.07) is 5.35. The van der Waals surface area contributed by atoms with Gasteiger partial charge in [0.1, 0.15) is 0 Å². The van der Waals surface area contributed by atoms with Gasteiger partial charge in [-0.15, -0.1) is 0 Å². The molecule has 1 unspecified atom stereocenters. The summed E-state index contributed by atoms with van der Waals surface area (Å²) in [7, 11) is 0. The fourth-order valence-corrected chi connectivity index (χ4v) is 1.97. The normalized spacial score (nSPS) is 20.2. The molecule has 4 nitrogen and oxygen atoms in total. The summed E-state index contributed by atoms with van der Waals surface area (Å²) in [6.07, 6.45) is 1.05. The maximum Gasteiger partial charge on any atom is 0.270 e. The SMILES string of the molecule is O=[N+]([O-])c1cc(Br)cc(C2CCN2)c1. The summed E-state index contributed by atoms with van der Waals surface area (Å²) in [6.45, 7) is 0.991. The minimum atomic E-state index is -0.368. The summed E-state index contributed by atoms with van der Waals surface area (Å²) >= 11 is 3.27. The molecular formula is C9H9BrN2O2. The molecule has 0 saturated carbocycles. The molecule has 1 atom stereocenters. The molecule has 0 spiro atoms. The first-order valence-electron chi connectivity index (χ1n) is 4.35. The quantitative estimate of drug-likeness (QED) is 0.653. The summed E-state index contributed by atoms with van der Waals surface area (Å²) in [4.78, 5) is 10.2. The molecule has 1 saturated heterocycles. The third-order valence-corrected chi connectivity index (χ3v) is 2.80. The van der Waals surface area contributed by atoms with Crippen LogP contribution in [0, 0.1) is 10.1 Å². The van der Waals surface area contributed by atoms with Crippen LogP contribution in [0.25, 0.3) is 0 Å². The smallest absolute Gasteiger partial charge is 0.270 e. The summed E-state index contributed by atoms with van der Waals surface area (Å²) in [5.74, 6) is 0. The van der Waals surface area contributed by atoms with Gasteiger partial charge in [-0.25, -0.2) is 0 Å². The monoisotopic (exact) mass is 256 g/mol. The number of halogens is 1. The van der Waals surface area contributed by atoms with Gasteiger partial charge in [0.15, 0.2) is 0 Å². The zero-order valence-electron chi connectivity index (χ0n) is 7.37. The van der Waals surface area contributed by atoms with Crippen LogP contribution in [0.2, 0.25) is 0 Å². The molecule has 1 fully saturated rings. The van der Waals surface area contributed by atoms with E-state index in [1.54, 1.807) is 6.07 Å². The van der Waals surface area contributed by atoms with Gasteiger partial charge in [0.05, 0.1) is 4.92 Å². The van der Waals surface area contributed by atoms with Crippen molar-refractivity contribution in [1.82, 2.24) is 5.32 Å². The number of nitro benzene ring substituents is 1. The average molecular weight is 257 g/mol. The van der Waals surface area contributed by atoms with Crippen LogP contribution in [0.3, 0.4) is 0 Å². The Morgan fingerprint density at radius 2 is 2.21 bits per heavy atom. The topological polar surface area (TPSA) is 55.2 Å². The van der Waals surface area contributed by atoms with Gasteiger partial charge < -0.3 is 5.32 Å². The van der Waals surface area contributed by atoms with Crippen molar-refractivity contribution in [2.45, 2.75) is 12.5 Å². The lowest BCUT2D eigenvalue weighted by molar-refractivity contribution is -0.385. The molecule has 14 heavy (non-hydrogen) atoms.